The lowest BCUT2D eigenvalue weighted by Gasteiger charge is -2.23. The Morgan fingerprint density at radius 3 is 2.68 bits per heavy atom. The monoisotopic (exact) mass is 304 g/mol. The summed E-state index contributed by atoms with van der Waals surface area (Å²) in [5.74, 6) is -1.05. The maximum absolute atomic E-state index is 12.3. The Balaban J connectivity index is 2.49. The molecule has 6 nitrogen and oxygen atoms in total. The third-order valence-electron chi connectivity index (χ3n) is 4.14. The van der Waals surface area contributed by atoms with Gasteiger partial charge in [-0.15, -0.1) is 0 Å². The van der Waals surface area contributed by atoms with Crippen LogP contribution in [0.2, 0.25) is 0 Å². The van der Waals surface area contributed by atoms with E-state index in [0.717, 1.165) is 0 Å². The first-order valence-corrected chi connectivity index (χ1v) is 7.13. The minimum Gasteiger partial charge on any atom is -0.478 e. The van der Waals surface area contributed by atoms with Gasteiger partial charge in [-0.25, -0.2) is 4.79 Å². The molecule has 0 saturated carbocycles. The second-order valence-electron chi connectivity index (χ2n) is 5.94. The van der Waals surface area contributed by atoms with Gasteiger partial charge in [0.2, 0.25) is 0 Å². The maximum atomic E-state index is 12.3. The van der Waals surface area contributed by atoms with E-state index in [1.807, 2.05) is 13.8 Å². The summed E-state index contributed by atoms with van der Waals surface area (Å²) < 4.78 is 4.99. The number of carbonyl (C=O) groups is 2. The van der Waals surface area contributed by atoms with E-state index in [4.69, 9.17) is 4.74 Å². The highest BCUT2D eigenvalue weighted by molar-refractivity contribution is 6.20. The molecule has 0 radical (unpaired) electrons. The van der Waals surface area contributed by atoms with Crippen LogP contribution in [0.1, 0.15) is 48.8 Å². The normalized spacial score (nSPS) is 21.3. The molecule has 1 aliphatic heterocycles. The fourth-order valence-electron chi connectivity index (χ4n) is 2.45. The number of aromatic nitrogens is 1. The van der Waals surface area contributed by atoms with Crippen molar-refractivity contribution in [3.05, 3.63) is 29.1 Å². The number of hydrogen-bond acceptors (Lipinski definition) is 5. The predicted molar refractivity (Wildman–Crippen MR) is 81.3 cm³/mol. The molecule has 1 aromatic rings. The molecule has 0 fully saturated rings. The van der Waals surface area contributed by atoms with Crippen LogP contribution in [-0.2, 0) is 16.1 Å². The third kappa shape index (κ3) is 2.78. The van der Waals surface area contributed by atoms with Gasteiger partial charge in [-0.1, -0.05) is 13.8 Å². The summed E-state index contributed by atoms with van der Waals surface area (Å²) in [6.07, 6.45) is 1.68. The van der Waals surface area contributed by atoms with Gasteiger partial charge in [0, 0.05) is 13.3 Å². The SMILES string of the molecule is COCc1cnc(C2=NC(C)(C(C)C)C(=O)C2)c(C(=O)O)c1. The van der Waals surface area contributed by atoms with Crippen molar-refractivity contribution in [2.75, 3.05) is 7.11 Å². The molecule has 118 valence electrons. The van der Waals surface area contributed by atoms with Crippen LogP contribution < -0.4 is 0 Å². The molecule has 0 saturated heterocycles. The first-order chi connectivity index (χ1) is 10.3. The molecule has 1 unspecified atom stereocenters. The fourth-order valence-corrected chi connectivity index (χ4v) is 2.45. The van der Waals surface area contributed by atoms with Crippen LogP contribution in [0, 0.1) is 5.92 Å². The van der Waals surface area contributed by atoms with Gasteiger partial charge in [-0.3, -0.25) is 14.8 Å². The van der Waals surface area contributed by atoms with Gasteiger partial charge in [-0.05, 0) is 24.5 Å². The van der Waals surface area contributed by atoms with Crippen LogP contribution in [0.25, 0.3) is 0 Å². The van der Waals surface area contributed by atoms with Gasteiger partial charge in [-0.2, -0.15) is 0 Å². The number of pyridine rings is 1. The lowest BCUT2D eigenvalue weighted by atomic mass is 9.86. The number of carbonyl (C=O) groups excluding carboxylic acids is 1. The number of carboxylic acid groups (broad SMARTS) is 1. The van der Waals surface area contributed by atoms with Gasteiger partial charge in [0.05, 0.1) is 30.0 Å². The fraction of sp³-hybridized carbons (Fsp3) is 0.500. The van der Waals surface area contributed by atoms with Crippen molar-refractivity contribution in [2.45, 2.75) is 39.3 Å². The standard InChI is InChI=1S/C16H20N2O4/c1-9(2)16(3)13(19)6-12(18-16)14-11(15(20)21)5-10(7-17-14)8-22-4/h5,7,9H,6,8H2,1-4H3,(H,20,21). The number of nitrogens with zero attached hydrogens (tertiary/aromatic N) is 2. The Morgan fingerprint density at radius 1 is 1.50 bits per heavy atom. The molecule has 0 aliphatic carbocycles. The summed E-state index contributed by atoms with van der Waals surface area (Å²) in [6, 6.07) is 1.52. The molecule has 0 amide bonds. The summed E-state index contributed by atoms with van der Waals surface area (Å²) in [5.41, 5.74) is 0.625. The van der Waals surface area contributed by atoms with Gasteiger partial charge in [0.1, 0.15) is 5.54 Å². The first kappa shape index (κ1) is 16.3. The van der Waals surface area contributed by atoms with Crippen LogP contribution in [0.5, 0.6) is 0 Å². The van der Waals surface area contributed by atoms with Crippen molar-refractivity contribution in [1.29, 1.82) is 0 Å². The Morgan fingerprint density at radius 2 is 2.18 bits per heavy atom. The first-order valence-electron chi connectivity index (χ1n) is 7.13. The lowest BCUT2D eigenvalue weighted by molar-refractivity contribution is -0.122. The molecule has 1 aliphatic rings. The van der Waals surface area contributed by atoms with Crippen molar-refractivity contribution >= 4 is 17.5 Å². The van der Waals surface area contributed by atoms with E-state index in [9.17, 15) is 14.7 Å². The van der Waals surface area contributed by atoms with Crippen molar-refractivity contribution in [2.24, 2.45) is 10.9 Å². The van der Waals surface area contributed by atoms with Crippen molar-refractivity contribution in [1.82, 2.24) is 4.98 Å². The highest BCUT2D eigenvalue weighted by Gasteiger charge is 2.42. The van der Waals surface area contributed by atoms with Crippen LogP contribution >= 0.6 is 0 Å². The van der Waals surface area contributed by atoms with E-state index in [1.54, 1.807) is 13.1 Å². The van der Waals surface area contributed by atoms with Gasteiger partial charge in [0.15, 0.2) is 5.78 Å². The lowest BCUT2D eigenvalue weighted by Crippen LogP contribution is -2.34. The molecule has 1 aromatic heterocycles. The third-order valence-corrected chi connectivity index (χ3v) is 4.14. The quantitative estimate of drug-likeness (QED) is 0.900. The zero-order valence-electron chi connectivity index (χ0n) is 13.2. The summed E-state index contributed by atoms with van der Waals surface area (Å²) in [4.78, 5) is 32.5. The van der Waals surface area contributed by atoms with E-state index in [0.29, 0.717) is 11.3 Å². The minimum absolute atomic E-state index is 0.00314. The predicted octanol–water partition coefficient (Wildman–Crippen LogP) is 2.10. The van der Waals surface area contributed by atoms with Crippen LogP contribution in [0.3, 0.4) is 0 Å². The molecule has 2 rings (SSSR count). The van der Waals surface area contributed by atoms with E-state index in [2.05, 4.69) is 9.98 Å². The number of carboxylic acids is 1. The van der Waals surface area contributed by atoms with Crippen molar-refractivity contribution in [3.8, 4) is 0 Å². The molecular weight excluding hydrogens is 284 g/mol. The molecule has 6 heteroatoms. The number of aliphatic imine (C=N–C) groups is 1. The molecule has 0 spiro atoms. The summed E-state index contributed by atoms with van der Waals surface area (Å²) >= 11 is 0. The summed E-state index contributed by atoms with van der Waals surface area (Å²) in [5, 5.41) is 9.40. The van der Waals surface area contributed by atoms with E-state index < -0.39 is 11.5 Å². The average Bonchev–Trinajstić information content (AvgIpc) is 2.76. The molecule has 2 heterocycles. The topological polar surface area (TPSA) is 88.9 Å². The summed E-state index contributed by atoms with van der Waals surface area (Å²) in [6.45, 7) is 5.92. The Kier molecular flexibility index (Phi) is 4.42. The number of hydrogen-bond donors (Lipinski definition) is 1. The zero-order chi connectivity index (χ0) is 16.5. The minimum atomic E-state index is -1.09. The molecule has 22 heavy (non-hydrogen) atoms. The van der Waals surface area contributed by atoms with Crippen molar-refractivity contribution in [3.63, 3.8) is 0 Å². The average molecular weight is 304 g/mol. The number of rotatable bonds is 5. The maximum Gasteiger partial charge on any atom is 0.337 e. The number of ketones is 1. The summed E-state index contributed by atoms with van der Waals surface area (Å²) in [7, 11) is 1.53. The number of methoxy groups -OCH3 is 1. The highest BCUT2D eigenvalue weighted by atomic mass is 16.5. The number of Topliss-reactive ketones (excluding diaryl/α,β-unsaturated/α-hetero) is 1. The van der Waals surface area contributed by atoms with Gasteiger partial charge < -0.3 is 9.84 Å². The van der Waals surface area contributed by atoms with Crippen LogP contribution in [0.4, 0.5) is 0 Å². The van der Waals surface area contributed by atoms with Crippen LogP contribution in [-0.4, -0.2) is 40.2 Å². The Bertz CT molecular complexity index is 652. The Labute approximate surface area is 129 Å². The second-order valence-corrected chi connectivity index (χ2v) is 5.94. The van der Waals surface area contributed by atoms with E-state index >= 15 is 0 Å². The number of aromatic carboxylic acids is 1. The van der Waals surface area contributed by atoms with E-state index in [-0.39, 0.29) is 36.0 Å². The molecule has 1 atom stereocenters. The second kappa shape index (κ2) is 5.96. The van der Waals surface area contributed by atoms with Crippen molar-refractivity contribution < 1.29 is 19.4 Å². The van der Waals surface area contributed by atoms with Gasteiger partial charge in [0.25, 0.3) is 0 Å². The largest absolute Gasteiger partial charge is 0.478 e. The highest BCUT2D eigenvalue weighted by Crippen LogP contribution is 2.32. The van der Waals surface area contributed by atoms with Crippen LogP contribution in [0.15, 0.2) is 17.3 Å². The van der Waals surface area contributed by atoms with Gasteiger partial charge >= 0.3 is 5.97 Å². The van der Waals surface area contributed by atoms with E-state index in [1.165, 1.54) is 13.2 Å². The smallest absolute Gasteiger partial charge is 0.337 e. The molecular formula is C16H20N2O4. The molecule has 0 bridgehead atoms. The molecule has 0 aromatic carbocycles. The Hall–Kier alpha value is -2.08. The molecule has 1 N–H and O–H groups in total. The zero-order valence-corrected chi connectivity index (χ0v) is 13.2. The number of ether oxygens (including phenoxy) is 1.